The highest BCUT2D eigenvalue weighted by atomic mass is 16.3. The van der Waals surface area contributed by atoms with Gasteiger partial charge in [-0.05, 0) is 62.0 Å². The van der Waals surface area contributed by atoms with E-state index in [4.69, 9.17) is 5.73 Å². The van der Waals surface area contributed by atoms with Crippen LogP contribution in [0.15, 0.2) is 47.4 Å². The van der Waals surface area contributed by atoms with Gasteiger partial charge in [0.15, 0.2) is 11.4 Å². The number of ketones is 2. The summed E-state index contributed by atoms with van der Waals surface area (Å²) in [5.41, 5.74) is 4.04. The Balaban J connectivity index is 1.72. The zero-order valence-electron chi connectivity index (χ0n) is 24.9. The van der Waals surface area contributed by atoms with Crippen LogP contribution < -0.4 is 11.1 Å². The van der Waals surface area contributed by atoms with Gasteiger partial charge in [-0.25, -0.2) is 0 Å². The maximum Gasteiger partial charge on any atom is 0.255 e. The van der Waals surface area contributed by atoms with Gasteiger partial charge >= 0.3 is 0 Å². The first kappa shape index (κ1) is 30.4. The number of amides is 1. The summed E-state index contributed by atoms with van der Waals surface area (Å²) in [5.74, 6) is -6.76. The molecule has 0 aliphatic heterocycles. The maximum atomic E-state index is 14.2. The number of aromatic nitrogens is 1. The Morgan fingerprint density at radius 1 is 1.19 bits per heavy atom. The molecule has 1 heterocycles. The summed E-state index contributed by atoms with van der Waals surface area (Å²) in [6.45, 7) is 7.12. The minimum Gasteiger partial charge on any atom is -0.508 e. The lowest BCUT2D eigenvalue weighted by Crippen LogP contribution is -2.65. The van der Waals surface area contributed by atoms with Crippen molar-refractivity contribution in [3.05, 3.63) is 64.1 Å². The van der Waals surface area contributed by atoms with Crippen LogP contribution in [0.25, 0.3) is 17.0 Å². The Hall–Kier alpha value is -4.06. The van der Waals surface area contributed by atoms with Crippen LogP contribution in [-0.4, -0.2) is 80.1 Å². The second kappa shape index (κ2) is 10.6. The second-order valence-electron chi connectivity index (χ2n) is 13.1. The number of aliphatic hydroxyl groups is 3. The van der Waals surface area contributed by atoms with E-state index >= 15 is 0 Å². The number of carbonyl (C=O) groups excluding carboxylic acids is 3. The first-order valence-electron chi connectivity index (χ1n) is 14.2. The van der Waals surface area contributed by atoms with Gasteiger partial charge in [-0.2, -0.15) is 0 Å². The Kier molecular flexibility index (Phi) is 7.48. The summed E-state index contributed by atoms with van der Waals surface area (Å²) < 4.78 is 0. The van der Waals surface area contributed by atoms with E-state index in [1.54, 1.807) is 26.4 Å². The Morgan fingerprint density at radius 3 is 2.47 bits per heavy atom. The molecule has 7 N–H and O–H groups in total. The van der Waals surface area contributed by atoms with Crippen LogP contribution >= 0.6 is 0 Å². The van der Waals surface area contributed by atoms with Crippen LogP contribution in [0.4, 0.5) is 0 Å². The molecule has 1 aromatic carbocycles. The standard InChI is InChI=1S/C32H38N4O7/c1-31(2,3)14-34-13-16-11-17(20-8-6-7-9-35-20)18-10-15-12-19-24(36(4)5)27(39)23(30(33)42)29(41)32(19,43)28(40)21(15)26(38)22(18)25(16)37/h6-9,11,15,19,24,34,37-38,41,43H,10,12-14H2,1-5H3,(H2,33,42)/t15-,19-,24-,32-/m0/s1. The van der Waals surface area contributed by atoms with E-state index in [1.165, 1.54) is 4.90 Å². The van der Waals surface area contributed by atoms with Crippen molar-refractivity contribution in [3.63, 3.8) is 0 Å². The number of phenols is 1. The van der Waals surface area contributed by atoms with Gasteiger partial charge in [0.05, 0.1) is 17.3 Å². The fraction of sp³-hybridized carbons (Fsp3) is 0.438. The van der Waals surface area contributed by atoms with E-state index < -0.39 is 58.0 Å². The minimum absolute atomic E-state index is 0.0169. The smallest absolute Gasteiger partial charge is 0.255 e. The maximum absolute atomic E-state index is 14.2. The van der Waals surface area contributed by atoms with E-state index in [-0.39, 0.29) is 41.7 Å². The molecule has 3 aliphatic carbocycles. The minimum atomic E-state index is -2.68. The molecule has 228 valence electrons. The normalized spacial score (nSPS) is 25.5. The van der Waals surface area contributed by atoms with Crippen molar-refractivity contribution >= 4 is 23.2 Å². The number of hydrogen-bond donors (Lipinski definition) is 6. The third kappa shape index (κ3) is 4.81. The first-order chi connectivity index (χ1) is 20.1. The summed E-state index contributed by atoms with van der Waals surface area (Å²) >= 11 is 0. The number of phenolic OH excluding ortho intramolecular Hbond substituents is 1. The average Bonchev–Trinajstić information content (AvgIpc) is 2.91. The number of Topliss-reactive ketones (excluding diaryl/α,β-unsaturated/α-hetero) is 2. The molecule has 5 rings (SSSR count). The molecule has 1 fully saturated rings. The molecule has 43 heavy (non-hydrogen) atoms. The molecule has 0 unspecified atom stereocenters. The largest absolute Gasteiger partial charge is 0.508 e. The summed E-state index contributed by atoms with van der Waals surface area (Å²) in [6.07, 6.45) is 1.84. The molecule has 3 aliphatic rings. The van der Waals surface area contributed by atoms with Crippen molar-refractivity contribution in [2.45, 2.75) is 51.8 Å². The monoisotopic (exact) mass is 590 g/mol. The number of rotatable bonds is 6. The number of aliphatic hydroxyl groups excluding tert-OH is 2. The summed E-state index contributed by atoms with van der Waals surface area (Å²) in [5, 5.41) is 49.5. The molecule has 2 aromatic rings. The van der Waals surface area contributed by atoms with Crippen molar-refractivity contribution in [2.24, 2.45) is 23.0 Å². The molecule has 1 aromatic heterocycles. The van der Waals surface area contributed by atoms with Crippen LogP contribution in [0.3, 0.4) is 0 Å². The van der Waals surface area contributed by atoms with Crippen molar-refractivity contribution in [2.75, 3.05) is 20.6 Å². The number of nitrogens with two attached hydrogens (primary N) is 1. The number of nitrogens with zero attached hydrogens (tertiary/aromatic N) is 2. The van der Waals surface area contributed by atoms with Gasteiger partial charge in [0.1, 0.15) is 22.8 Å². The molecule has 0 saturated heterocycles. The quantitative estimate of drug-likeness (QED) is 0.272. The number of fused-ring (bicyclic) bond motifs is 3. The molecule has 4 atom stereocenters. The Labute approximate surface area is 249 Å². The van der Waals surface area contributed by atoms with Gasteiger partial charge in [0, 0.05) is 41.9 Å². The predicted molar refractivity (Wildman–Crippen MR) is 159 cm³/mol. The molecule has 1 amide bonds. The molecular weight excluding hydrogens is 552 g/mol. The van der Waals surface area contributed by atoms with Crippen LogP contribution in [0.2, 0.25) is 0 Å². The lowest BCUT2D eigenvalue weighted by molar-refractivity contribution is -0.153. The number of carbonyl (C=O) groups is 3. The van der Waals surface area contributed by atoms with Crippen molar-refractivity contribution in [1.29, 1.82) is 0 Å². The van der Waals surface area contributed by atoms with Gasteiger partial charge < -0.3 is 31.5 Å². The number of nitrogens with one attached hydrogen (secondary N) is 1. The van der Waals surface area contributed by atoms with Crippen LogP contribution in [0.5, 0.6) is 5.75 Å². The zero-order chi connectivity index (χ0) is 31.6. The van der Waals surface area contributed by atoms with Gasteiger partial charge in [0.25, 0.3) is 5.91 Å². The summed E-state index contributed by atoms with van der Waals surface area (Å²) in [6, 6.07) is 6.10. The Morgan fingerprint density at radius 2 is 1.88 bits per heavy atom. The molecular formula is C32H38N4O7. The average molecular weight is 591 g/mol. The van der Waals surface area contributed by atoms with Crippen LogP contribution in [0.1, 0.15) is 43.9 Å². The van der Waals surface area contributed by atoms with Crippen molar-refractivity contribution in [1.82, 2.24) is 15.2 Å². The molecule has 0 spiro atoms. The van der Waals surface area contributed by atoms with E-state index in [2.05, 4.69) is 31.1 Å². The fourth-order valence-corrected chi connectivity index (χ4v) is 6.82. The number of aromatic hydroxyl groups is 1. The first-order valence-corrected chi connectivity index (χ1v) is 14.2. The number of likely N-dealkylation sites (N-methyl/N-ethyl adjacent to an activating group) is 1. The lowest BCUT2D eigenvalue weighted by Gasteiger charge is -2.50. The lowest BCUT2D eigenvalue weighted by atomic mass is 9.57. The van der Waals surface area contributed by atoms with E-state index in [9.17, 15) is 34.8 Å². The zero-order valence-corrected chi connectivity index (χ0v) is 24.9. The van der Waals surface area contributed by atoms with Gasteiger partial charge in [-0.15, -0.1) is 0 Å². The van der Waals surface area contributed by atoms with Gasteiger partial charge in [-0.3, -0.25) is 24.3 Å². The van der Waals surface area contributed by atoms with Crippen molar-refractivity contribution < 1.29 is 34.8 Å². The number of primary amides is 1. The molecule has 1 saturated carbocycles. The second-order valence-corrected chi connectivity index (χ2v) is 13.1. The van der Waals surface area contributed by atoms with Crippen LogP contribution in [-0.2, 0) is 27.3 Å². The van der Waals surface area contributed by atoms with E-state index in [1.807, 2.05) is 18.2 Å². The van der Waals surface area contributed by atoms with Gasteiger partial charge in [-0.1, -0.05) is 26.8 Å². The van der Waals surface area contributed by atoms with Crippen molar-refractivity contribution in [3.8, 4) is 17.0 Å². The fourth-order valence-electron chi connectivity index (χ4n) is 6.82. The predicted octanol–water partition coefficient (Wildman–Crippen LogP) is 2.16. The number of hydrogen-bond acceptors (Lipinski definition) is 10. The topological polar surface area (TPSA) is 186 Å². The van der Waals surface area contributed by atoms with E-state index in [0.29, 0.717) is 28.9 Å². The third-order valence-electron chi connectivity index (χ3n) is 8.71. The number of pyridine rings is 1. The summed E-state index contributed by atoms with van der Waals surface area (Å²) in [7, 11) is 3.14. The molecule has 0 radical (unpaired) electrons. The number of benzene rings is 1. The SMILES string of the molecule is CN(C)[C@@H]1C(=O)C(C(N)=O)=C(O)[C@@]2(O)C(=O)C3=C(O)c4c(O)c(CNCC(C)(C)C)cc(-c5ccccn5)c4C[C@H]3C[C@@H]12. The highest BCUT2D eigenvalue weighted by Gasteiger charge is 2.64. The highest BCUT2D eigenvalue weighted by molar-refractivity contribution is 6.24. The van der Waals surface area contributed by atoms with Crippen LogP contribution in [0, 0.1) is 17.3 Å². The molecule has 0 bridgehead atoms. The molecule has 11 nitrogen and oxygen atoms in total. The third-order valence-corrected chi connectivity index (χ3v) is 8.71. The van der Waals surface area contributed by atoms with E-state index in [0.717, 1.165) is 0 Å². The highest BCUT2D eigenvalue weighted by Crippen LogP contribution is 2.54. The molecule has 11 heteroatoms. The van der Waals surface area contributed by atoms with Gasteiger partial charge in [0.2, 0.25) is 5.78 Å². The summed E-state index contributed by atoms with van der Waals surface area (Å²) in [4.78, 5) is 45.7. The Bertz CT molecular complexity index is 1590.